The summed E-state index contributed by atoms with van der Waals surface area (Å²) < 4.78 is 14.2. The van der Waals surface area contributed by atoms with Crippen LogP contribution in [-0.4, -0.2) is 20.9 Å². The van der Waals surface area contributed by atoms with Crippen LogP contribution in [0.3, 0.4) is 0 Å². The highest BCUT2D eigenvalue weighted by atomic mass is 32.1. The topological polar surface area (TPSA) is 86.2 Å². The van der Waals surface area contributed by atoms with Crippen molar-refractivity contribution in [3.05, 3.63) is 52.5 Å². The van der Waals surface area contributed by atoms with Crippen LogP contribution in [0, 0.1) is 18.0 Å². The molecule has 0 radical (unpaired) electrons. The molecule has 1 aliphatic rings. The number of carbonyl (C=O) groups excluding carboxylic acids is 1. The quantitative estimate of drug-likeness (QED) is 0.301. The molecule has 0 unspecified atom stereocenters. The van der Waals surface area contributed by atoms with E-state index in [0.29, 0.717) is 34.5 Å². The predicted octanol–water partition coefficient (Wildman–Crippen LogP) is 6.20. The molecule has 1 aliphatic carbocycles. The SMILES string of the molecule is Cc1nc(-c2sc(F)cc2CNc2nccc(C(C)C)n2)ccc1OOC(=O)C1CCCCC1. The third kappa shape index (κ3) is 5.88. The van der Waals surface area contributed by atoms with Gasteiger partial charge in [-0.3, -0.25) is 9.78 Å². The summed E-state index contributed by atoms with van der Waals surface area (Å²) >= 11 is 1.03. The Bertz CT molecular complexity index is 1140. The molecule has 3 aromatic rings. The van der Waals surface area contributed by atoms with Crippen LogP contribution >= 0.6 is 11.3 Å². The first kappa shape index (κ1) is 24.1. The average molecular weight is 485 g/mol. The molecule has 34 heavy (non-hydrogen) atoms. The van der Waals surface area contributed by atoms with E-state index in [1.165, 1.54) is 6.07 Å². The summed E-state index contributed by atoms with van der Waals surface area (Å²) in [5, 5.41) is 2.88. The molecule has 0 aromatic carbocycles. The molecule has 0 saturated heterocycles. The lowest BCUT2D eigenvalue weighted by Crippen LogP contribution is -2.21. The maximum absolute atomic E-state index is 14.2. The van der Waals surface area contributed by atoms with Gasteiger partial charge in [0.05, 0.1) is 22.2 Å². The highest BCUT2D eigenvalue weighted by Gasteiger charge is 2.24. The van der Waals surface area contributed by atoms with E-state index in [4.69, 9.17) is 9.78 Å². The number of thiophene rings is 1. The van der Waals surface area contributed by atoms with E-state index in [2.05, 4.69) is 34.1 Å². The van der Waals surface area contributed by atoms with Crippen molar-refractivity contribution in [2.75, 3.05) is 5.32 Å². The molecular weight excluding hydrogens is 455 g/mol. The second-order valence-electron chi connectivity index (χ2n) is 8.82. The van der Waals surface area contributed by atoms with Crippen LogP contribution in [0.15, 0.2) is 30.5 Å². The van der Waals surface area contributed by atoms with E-state index in [1.54, 1.807) is 25.3 Å². The van der Waals surface area contributed by atoms with Crippen molar-refractivity contribution in [3.8, 4) is 16.3 Å². The number of aromatic nitrogens is 3. The monoisotopic (exact) mass is 484 g/mol. The van der Waals surface area contributed by atoms with Gasteiger partial charge in [-0.2, -0.15) is 4.39 Å². The van der Waals surface area contributed by atoms with Crippen LogP contribution in [-0.2, 0) is 16.2 Å². The molecule has 0 spiro atoms. The van der Waals surface area contributed by atoms with E-state index in [0.717, 1.165) is 54.7 Å². The Morgan fingerprint density at radius 1 is 1.21 bits per heavy atom. The van der Waals surface area contributed by atoms with Crippen molar-refractivity contribution in [3.63, 3.8) is 0 Å². The minimum Gasteiger partial charge on any atom is -0.350 e. The summed E-state index contributed by atoms with van der Waals surface area (Å²) in [6, 6.07) is 6.80. The fraction of sp³-hybridized carbons (Fsp3) is 0.440. The number of aryl methyl sites for hydroxylation is 1. The van der Waals surface area contributed by atoms with Gasteiger partial charge in [-0.05, 0) is 55.5 Å². The number of anilines is 1. The number of hydrogen-bond acceptors (Lipinski definition) is 8. The summed E-state index contributed by atoms with van der Waals surface area (Å²) in [6.07, 6.45) is 6.63. The highest BCUT2D eigenvalue weighted by molar-refractivity contribution is 7.14. The van der Waals surface area contributed by atoms with E-state index < -0.39 is 0 Å². The smallest absolute Gasteiger partial charge is 0.350 e. The first-order chi connectivity index (χ1) is 16.4. The molecule has 180 valence electrons. The zero-order valence-corrected chi connectivity index (χ0v) is 20.5. The van der Waals surface area contributed by atoms with E-state index in [-0.39, 0.29) is 22.9 Å². The maximum Gasteiger partial charge on any atom is 0.358 e. The molecular formula is C25H29FN4O3S. The van der Waals surface area contributed by atoms with E-state index in [1.807, 2.05) is 6.07 Å². The molecule has 1 N–H and O–H groups in total. The van der Waals surface area contributed by atoms with Gasteiger partial charge in [0.1, 0.15) is 0 Å². The molecule has 0 atom stereocenters. The van der Waals surface area contributed by atoms with Crippen LogP contribution in [0.1, 0.15) is 68.8 Å². The van der Waals surface area contributed by atoms with E-state index >= 15 is 0 Å². The lowest BCUT2D eigenvalue weighted by Gasteiger charge is -2.19. The average Bonchev–Trinajstić information content (AvgIpc) is 3.23. The lowest BCUT2D eigenvalue weighted by atomic mass is 9.89. The number of hydrogen-bond donors (Lipinski definition) is 1. The molecule has 0 aliphatic heterocycles. The number of nitrogens with zero attached hydrogens (tertiary/aromatic N) is 3. The summed E-state index contributed by atoms with van der Waals surface area (Å²) in [6.45, 7) is 6.25. The summed E-state index contributed by atoms with van der Waals surface area (Å²) in [7, 11) is 0. The van der Waals surface area contributed by atoms with Crippen LogP contribution in [0.25, 0.3) is 10.6 Å². The van der Waals surface area contributed by atoms with Gasteiger partial charge in [-0.1, -0.05) is 33.1 Å². The Labute approximate surface area is 202 Å². The second-order valence-corrected chi connectivity index (χ2v) is 9.82. The number of halogens is 1. The van der Waals surface area contributed by atoms with Crippen LogP contribution in [0.5, 0.6) is 5.75 Å². The minimum absolute atomic E-state index is 0.101. The standard InChI is InChI=1S/C25H29FN4O3S/c1-15(2)19-11-12-27-25(30-19)28-14-18-13-22(26)34-23(18)20-9-10-21(16(3)29-20)32-33-24(31)17-7-5-4-6-8-17/h9-13,15,17H,4-8,14H2,1-3H3,(H,27,28,30). The van der Waals surface area contributed by atoms with Crippen molar-refractivity contribution in [1.82, 2.24) is 15.0 Å². The van der Waals surface area contributed by atoms with Crippen molar-refractivity contribution in [2.24, 2.45) is 5.92 Å². The van der Waals surface area contributed by atoms with E-state index in [9.17, 15) is 9.18 Å². The molecule has 3 aromatic heterocycles. The molecule has 4 rings (SSSR count). The largest absolute Gasteiger partial charge is 0.358 e. The molecule has 7 nitrogen and oxygen atoms in total. The molecule has 1 saturated carbocycles. The van der Waals surface area contributed by atoms with Crippen molar-refractivity contribution >= 4 is 23.3 Å². The first-order valence-electron chi connectivity index (χ1n) is 11.6. The number of carbonyl (C=O) groups is 1. The molecule has 3 heterocycles. The Kier molecular flexibility index (Phi) is 7.72. The molecule has 0 amide bonds. The van der Waals surface area contributed by atoms with Gasteiger partial charge >= 0.3 is 5.97 Å². The first-order valence-corrected chi connectivity index (χ1v) is 12.4. The third-order valence-electron chi connectivity index (χ3n) is 5.91. The number of pyridine rings is 1. The second kappa shape index (κ2) is 10.9. The highest BCUT2D eigenvalue weighted by Crippen LogP contribution is 2.33. The Morgan fingerprint density at radius 3 is 2.74 bits per heavy atom. The summed E-state index contributed by atoms with van der Waals surface area (Å²) in [5.74, 6) is 0.712. The fourth-order valence-electron chi connectivity index (χ4n) is 3.95. The molecule has 1 fully saturated rings. The zero-order valence-electron chi connectivity index (χ0n) is 19.6. The van der Waals surface area contributed by atoms with Crippen molar-refractivity contribution in [1.29, 1.82) is 0 Å². The lowest BCUT2D eigenvalue weighted by molar-refractivity contribution is -0.220. The van der Waals surface area contributed by atoms with Gasteiger partial charge < -0.3 is 5.32 Å². The van der Waals surface area contributed by atoms with Gasteiger partial charge in [0, 0.05) is 18.4 Å². The van der Waals surface area contributed by atoms with Crippen molar-refractivity contribution < 1.29 is 19.0 Å². The van der Waals surface area contributed by atoms with Gasteiger partial charge in [-0.25, -0.2) is 19.7 Å². The summed E-state index contributed by atoms with van der Waals surface area (Å²) in [5.41, 5.74) is 2.86. The normalized spacial score (nSPS) is 14.3. The predicted molar refractivity (Wildman–Crippen MR) is 129 cm³/mol. The van der Waals surface area contributed by atoms with Crippen LogP contribution < -0.4 is 10.2 Å². The van der Waals surface area contributed by atoms with Gasteiger partial charge in [-0.15, -0.1) is 11.3 Å². The fourth-order valence-corrected chi connectivity index (χ4v) is 4.83. The van der Waals surface area contributed by atoms with Crippen molar-refractivity contribution in [2.45, 2.75) is 65.3 Å². The molecule has 0 bridgehead atoms. The minimum atomic E-state index is -0.333. The van der Waals surface area contributed by atoms with Gasteiger partial charge in [0.25, 0.3) is 0 Å². The zero-order chi connectivity index (χ0) is 24.1. The third-order valence-corrected chi connectivity index (χ3v) is 6.89. The van der Waals surface area contributed by atoms with Crippen LogP contribution in [0.2, 0.25) is 0 Å². The Morgan fingerprint density at radius 2 is 2.00 bits per heavy atom. The summed E-state index contributed by atoms with van der Waals surface area (Å²) in [4.78, 5) is 36.7. The Balaban J connectivity index is 1.43. The number of rotatable bonds is 8. The van der Waals surface area contributed by atoms with Gasteiger partial charge in [0.2, 0.25) is 5.95 Å². The van der Waals surface area contributed by atoms with Crippen LogP contribution in [0.4, 0.5) is 10.3 Å². The van der Waals surface area contributed by atoms with Gasteiger partial charge in [0.15, 0.2) is 10.9 Å². The Hall–Kier alpha value is -3.07. The number of nitrogens with one attached hydrogen (secondary N) is 1. The molecule has 9 heteroatoms. The maximum atomic E-state index is 14.2.